The molecular formula is C20H20Cl3NO4. The van der Waals surface area contributed by atoms with E-state index in [1.54, 1.807) is 6.07 Å². The third-order valence-electron chi connectivity index (χ3n) is 4.87. The molecule has 1 aliphatic rings. The monoisotopic (exact) mass is 443 g/mol. The summed E-state index contributed by atoms with van der Waals surface area (Å²) in [6, 6.07) is 4.74. The van der Waals surface area contributed by atoms with E-state index in [1.165, 1.54) is 12.1 Å². The lowest BCUT2D eigenvalue weighted by atomic mass is 10.1. The zero-order valence-electron chi connectivity index (χ0n) is 15.6. The molecular weight excluding hydrogens is 425 g/mol. The highest BCUT2D eigenvalue weighted by atomic mass is 35.5. The molecule has 2 aromatic rings. The number of ether oxygens (including phenoxy) is 2. The van der Waals surface area contributed by atoms with Crippen LogP contribution in [0.5, 0.6) is 0 Å². The second kappa shape index (κ2) is 8.87. The second-order valence-corrected chi connectivity index (χ2v) is 7.94. The van der Waals surface area contributed by atoms with Crippen LogP contribution in [0.15, 0.2) is 18.2 Å². The molecule has 1 aromatic heterocycles. The maximum absolute atomic E-state index is 12.6. The molecule has 0 saturated carbocycles. The molecule has 2 heterocycles. The third-order valence-corrected chi connectivity index (χ3v) is 5.99. The van der Waals surface area contributed by atoms with E-state index in [1.807, 2.05) is 13.8 Å². The molecule has 0 N–H and O–H groups in total. The van der Waals surface area contributed by atoms with Crippen LogP contribution >= 0.6 is 34.8 Å². The Balaban J connectivity index is 1.70. The van der Waals surface area contributed by atoms with Gasteiger partial charge < -0.3 is 14.0 Å². The van der Waals surface area contributed by atoms with Crippen molar-refractivity contribution in [3.05, 3.63) is 55.8 Å². The summed E-state index contributed by atoms with van der Waals surface area (Å²) >= 11 is 18.0. The van der Waals surface area contributed by atoms with Gasteiger partial charge in [-0.1, -0.05) is 34.8 Å². The van der Waals surface area contributed by atoms with Crippen molar-refractivity contribution in [2.45, 2.75) is 39.3 Å². The van der Waals surface area contributed by atoms with Crippen molar-refractivity contribution in [2.75, 3.05) is 13.2 Å². The van der Waals surface area contributed by atoms with Crippen LogP contribution in [0.3, 0.4) is 0 Å². The lowest BCUT2D eigenvalue weighted by molar-refractivity contribution is 0.0475. The van der Waals surface area contributed by atoms with Crippen LogP contribution in [-0.2, 0) is 16.0 Å². The van der Waals surface area contributed by atoms with Gasteiger partial charge in [0.05, 0.1) is 26.7 Å². The average molecular weight is 445 g/mol. The fourth-order valence-electron chi connectivity index (χ4n) is 3.35. The van der Waals surface area contributed by atoms with E-state index in [9.17, 15) is 9.59 Å². The van der Waals surface area contributed by atoms with E-state index in [0.717, 1.165) is 30.8 Å². The summed E-state index contributed by atoms with van der Waals surface area (Å²) < 4.78 is 12.9. The number of carbonyl (C=O) groups is 2. The molecule has 0 spiro atoms. The molecule has 150 valence electrons. The molecule has 1 aromatic carbocycles. The zero-order valence-corrected chi connectivity index (χ0v) is 17.8. The molecule has 0 radical (unpaired) electrons. The van der Waals surface area contributed by atoms with E-state index in [-0.39, 0.29) is 32.5 Å². The molecule has 3 rings (SSSR count). The number of rotatable bonds is 6. The number of Topliss-reactive ketones (excluding diaryl/α,β-unsaturated/α-hetero) is 1. The first kappa shape index (κ1) is 21.2. The Labute approximate surface area is 178 Å². The van der Waals surface area contributed by atoms with Crippen LogP contribution in [0.25, 0.3) is 0 Å². The zero-order chi connectivity index (χ0) is 20.4. The topological polar surface area (TPSA) is 57.5 Å². The fourth-order valence-corrected chi connectivity index (χ4v) is 4.03. The first-order chi connectivity index (χ1) is 13.3. The Bertz CT molecular complexity index is 917. The van der Waals surface area contributed by atoms with Gasteiger partial charge in [-0.2, -0.15) is 0 Å². The fraction of sp³-hybridized carbons (Fsp3) is 0.400. The summed E-state index contributed by atoms with van der Waals surface area (Å²) in [5.74, 6) is -1.09. The first-order valence-corrected chi connectivity index (χ1v) is 10.0. The van der Waals surface area contributed by atoms with Gasteiger partial charge in [0.2, 0.25) is 5.78 Å². The predicted molar refractivity (Wildman–Crippen MR) is 109 cm³/mol. The summed E-state index contributed by atoms with van der Waals surface area (Å²) in [5.41, 5.74) is 2.26. The van der Waals surface area contributed by atoms with Gasteiger partial charge >= 0.3 is 5.97 Å². The largest absolute Gasteiger partial charge is 0.454 e. The predicted octanol–water partition coefficient (Wildman–Crippen LogP) is 5.28. The van der Waals surface area contributed by atoms with Gasteiger partial charge in [0.15, 0.2) is 6.61 Å². The Hall–Kier alpha value is -1.53. The van der Waals surface area contributed by atoms with Crippen molar-refractivity contribution in [1.29, 1.82) is 0 Å². The number of aryl methyl sites for hydroxylation is 1. The number of nitrogens with zero attached hydrogens (tertiary/aromatic N) is 1. The number of ketones is 1. The van der Waals surface area contributed by atoms with Crippen molar-refractivity contribution in [3.8, 4) is 0 Å². The SMILES string of the molecule is Cc1cc(C(=O)COC(=O)c2c(Cl)ccc(Cl)c2Cl)c(C)n1CC1CCCO1. The standard InChI is InChI=1S/C20H20Cl3NO4/c1-11-8-14(12(2)24(11)9-13-4-3-7-27-13)17(25)10-28-20(26)18-15(21)5-6-16(22)19(18)23/h5-6,8,13H,3-4,7,9-10H2,1-2H3. The Morgan fingerprint density at radius 2 is 1.93 bits per heavy atom. The highest BCUT2D eigenvalue weighted by Crippen LogP contribution is 2.32. The highest BCUT2D eigenvalue weighted by Gasteiger charge is 2.23. The highest BCUT2D eigenvalue weighted by molar-refractivity contribution is 6.46. The molecule has 8 heteroatoms. The number of halogens is 3. The minimum atomic E-state index is -0.793. The lowest BCUT2D eigenvalue weighted by Crippen LogP contribution is -2.18. The third kappa shape index (κ3) is 4.38. The molecule has 28 heavy (non-hydrogen) atoms. The van der Waals surface area contributed by atoms with Gasteiger partial charge in [-0.25, -0.2) is 4.79 Å². The molecule has 1 saturated heterocycles. The van der Waals surface area contributed by atoms with E-state index >= 15 is 0 Å². The van der Waals surface area contributed by atoms with E-state index in [2.05, 4.69) is 4.57 Å². The van der Waals surface area contributed by atoms with Crippen molar-refractivity contribution >= 4 is 46.6 Å². The summed E-state index contributed by atoms with van der Waals surface area (Å²) in [6.45, 7) is 4.89. The molecule has 1 fully saturated rings. The molecule has 1 aliphatic heterocycles. The average Bonchev–Trinajstić information content (AvgIpc) is 3.27. The van der Waals surface area contributed by atoms with Crippen LogP contribution in [0.2, 0.25) is 15.1 Å². The van der Waals surface area contributed by atoms with Gasteiger partial charge in [-0.15, -0.1) is 0 Å². The van der Waals surface area contributed by atoms with Crippen LogP contribution in [-0.4, -0.2) is 35.6 Å². The minimum Gasteiger partial charge on any atom is -0.454 e. The minimum absolute atomic E-state index is 0.00126. The number of carbonyl (C=O) groups excluding carboxylic acids is 2. The van der Waals surface area contributed by atoms with E-state index < -0.39 is 12.6 Å². The van der Waals surface area contributed by atoms with Crippen LogP contribution in [0.1, 0.15) is 44.9 Å². The quantitative estimate of drug-likeness (QED) is 0.345. The van der Waals surface area contributed by atoms with E-state index in [4.69, 9.17) is 44.3 Å². The van der Waals surface area contributed by atoms with Gasteiger partial charge in [0, 0.05) is 30.1 Å². The van der Waals surface area contributed by atoms with Gasteiger partial charge in [0.25, 0.3) is 0 Å². The Morgan fingerprint density at radius 3 is 2.61 bits per heavy atom. The second-order valence-electron chi connectivity index (χ2n) is 6.75. The summed E-state index contributed by atoms with van der Waals surface area (Å²) in [5, 5.41) is 0.296. The number of hydrogen-bond donors (Lipinski definition) is 0. The number of aromatic nitrogens is 1. The first-order valence-electron chi connectivity index (χ1n) is 8.91. The van der Waals surface area contributed by atoms with E-state index in [0.29, 0.717) is 12.1 Å². The number of benzene rings is 1. The Morgan fingerprint density at radius 1 is 1.21 bits per heavy atom. The summed E-state index contributed by atoms with van der Waals surface area (Å²) in [6.07, 6.45) is 2.23. The normalized spacial score (nSPS) is 16.4. The maximum atomic E-state index is 12.6. The molecule has 0 amide bonds. The van der Waals surface area contributed by atoms with Crippen molar-refractivity contribution in [1.82, 2.24) is 4.57 Å². The summed E-state index contributed by atoms with van der Waals surface area (Å²) in [4.78, 5) is 25.0. The maximum Gasteiger partial charge on any atom is 0.341 e. The van der Waals surface area contributed by atoms with Gasteiger partial charge in [-0.3, -0.25) is 4.79 Å². The van der Waals surface area contributed by atoms with Crippen molar-refractivity contribution < 1.29 is 19.1 Å². The van der Waals surface area contributed by atoms with Crippen molar-refractivity contribution in [3.63, 3.8) is 0 Å². The molecule has 5 nitrogen and oxygen atoms in total. The van der Waals surface area contributed by atoms with Gasteiger partial charge in [0.1, 0.15) is 0 Å². The molecule has 0 aliphatic carbocycles. The summed E-state index contributed by atoms with van der Waals surface area (Å²) in [7, 11) is 0. The molecule has 1 atom stereocenters. The number of hydrogen-bond acceptors (Lipinski definition) is 4. The molecule has 1 unspecified atom stereocenters. The molecule has 0 bridgehead atoms. The smallest absolute Gasteiger partial charge is 0.341 e. The van der Waals surface area contributed by atoms with Crippen LogP contribution in [0, 0.1) is 13.8 Å². The van der Waals surface area contributed by atoms with Crippen molar-refractivity contribution in [2.24, 2.45) is 0 Å². The lowest BCUT2D eigenvalue weighted by Gasteiger charge is -2.14. The van der Waals surface area contributed by atoms with Crippen LogP contribution < -0.4 is 0 Å². The number of esters is 1. The van der Waals surface area contributed by atoms with Crippen LogP contribution in [0.4, 0.5) is 0 Å². The van der Waals surface area contributed by atoms with Gasteiger partial charge in [-0.05, 0) is 44.9 Å². The Kier molecular flexibility index (Phi) is 6.71.